The van der Waals surface area contributed by atoms with E-state index in [1.807, 2.05) is 55.1 Å². The maximum atomic E-state index is 12.6. The number of rotatable bonds is 3. The summed E-state index contributed by atoms with van der Waals surface area (Å²) in [6, 6.07) is 15.8. The zero-order chi connectivity index (χ0) is 15.9. The van der Waals surface area contributed by atoms with Gasteiger partial charge in [-0.1, -0.05) is 28.1 Å². The Morgan fingerprint density at radius 1 is 1.05 bits per heavy atom. The lowest BCUT2D eigenvalue weighted by Crippen LogP contribution is -2.61. The van der Waals surface area contributed by atoms with Crippen molar-refractivity contribution in [1.29, 1.82) is 0 Å². The van der Waals surface area contributed by atoms with Crippen molar-refractivity contribution in [3.8, 4) is 5.75 Å². The molecule has 3 nitrogen and oxygen atoms in total. The highest BCUT2D eigenvalue weighted by Crippen LogP contribution is 2.51. The molecule has 0 unspecified atom stereocenters. The van der Waals surface area contributed by atoms with Gasteiger partial charge in [0.1, 0.15) is 5.75 Å². The first kappa shape index (κ1) is 15.1. The van der Waals surface area contributed by atoms with Crippen LogP contribution in [-0.4, -0.2) is 13.0 Å². The van der Waals surface area contributed by atoms with Crippen LogP contribution in [0.5, 0.6) is 5.75 Å². The molecule has 1 amide bonds. The second-order valence-corrected chi connectivity index (χ2v) is 6.96. The van der Waals surface area contributed by atoms with E-state index < -0.39 is 5.41 Å². The lowest BCUT2D eigenvalue weighted by molar-refractivity contribution is -0.137. The highest BCUT2D eigenvalue weighted by molar-refractivity contribution is 9.10. The van der Waals surface area contributed by atoms with Gasteiger partial charge < -0.3 is 9.64 Å². The van der Waals surface area contributed by atoms with Crippen molar-refractivity contribution in [2.45, 2.75) is 19.9 Å². The topological polar surface area (TPSA) is 29.5 Å². The fourth-order valence-electron chi connectivity index (χ4n) is 3.02. The molecule has 1 saturated heterocycles. The summed E-state index contributed by atoms with van der Waals surface area (Å²) in [5.41, 5.74) is 1.65. The molecule has 114 valence electrons. The van der Waals surface area contributed by atoms with E-state index in [-0.39, 0.29) is 11.9 Å². The summed E-state index contributed by atoms with van der Waals surface area (Å²) in [5.74, 6) is 0.932. The Balaban J connectivity index is 1.98. The highest BCUT2D eigenvalue weighted by atomic mass is 79.9. The fourth-order valence-corrected chi connectivity index (χ4v) is 3.29. The average molecular weight is 360 g/mol. The predicted octanol–water partition coefficient (Wildman–Crippen LogP) is 4.57. The summed E-state index contributed by atoms with van der Waals surface area (Å²) < 4.78 is 6.22. The number of amides is 1. The number of methoxy groups -OCH3 is 1. The Hall–Kier alpha value is -1.81. The number of carbonyl (C=O) groups is 1. The van der Waals surface area contributed by atoms with Crippen LogP contribution in [0.1, 0.15) is 25.5 Å². The Kier molecular flexibility index (Phi) is 3.73. The van der Waals surface area contributed by atoms with Gasteiger partial charge in [-0.05, 0) is 55.8 Å². The third-order valence-corrected chi connectivity index (χ3v) is 4.78. The molecule has 0 aliphatic carbocycles. The summed E-state index contributed by atoms with van der Waals surface area (Å²) >= 11 is 3.46. The lowest BCUT2D eigenvalue weighted by Gasteiger charge is -2.53. The molecule has 0 radical (unpaired) electrons. The Bertz CT molecular complexity index is 692. The van der Waals surface area contributed by atoms with Crippen LogP contribution >= 0.6 is 15.9 Å². The SMILES string of the molecule is COc1ccc(N2C(=O)C(C)(C)[C@H]2c2ccc(Br)cc2)cc1. The monoisotopic (exact) mass is 359 g/mol. The first-order valence-electron chi connectivity index (χ1n) is 7.18. The van der Waals surface area contributed by atoms with Gasteiger partial charge in [-0.15, -0.1) is 0 Å². The summed E-state index contributed by atoms with van der Waals surface area (Å²) in [5, 5.41) is 0. The van der Waals surface area contributed by atoms with Crippen molar-refractivity contribution >= 4 is 27.5 Å². The van der Waals surface area contributed by atoms with E-state index in [1.54, 1.807) is 7.11 Å². The number of ether oxygens (including phenoxy) is 1. The minimum absolute atomic E-state index is 0.0431. The van der Waals surface area contributed by atoms with Crippen LogP contribution in [-0.2, 0) is 4.79 Å². The molecule has 1 aliphatic heterocycles. The van der Waals surface area contributed by atoms with E-state index in [1.165, 1.54) is 0 Å². The normalized spacial score (nSPS) is 19.7. The zero-order valence-corrected chi connectivity index (χ0v) is 14.4. The number of carbonyl (C=O) groups excluding carboxylic acids is 1. The number of halogens is 1. The lowest BCUT2D eigenvalue weighted by atomic mass is 9.70. The van der Waals surface area contributed by atoms with Crippen LogP contribution in [0, 0.1) is 5.41 Å². The third-order valence-electron chi connectivity index (χ3n) is 4.25. The van der Waals surface area contributed by atoms with E-state index >= 15 is 0 Å². The van der Waals surface area contributed by atoms with Crippen molar-refractivity contribution in [3.63, 3.8) is 0 Å². The van der Waals surface area contributed by atoms with Crippen molar-refractivity contribution < 1.29 is 9.53 Å². The summed E-state index contributed by atoms with van der Waals surface area (Å²) in [7, 11) is 1.64. The van der Waals surface area contributed by atoms with E-state index in [0.717, 1.165) is 21.5 Å². The number of β-lactam (4-membered cyclic amide) rings is 1. The molecule has 0 saturated carbocycles. The summed E-state index contributed by atoms with van der Waals surface area (Å²) in [6.07, 6.45) is 0. The molecular weight excluding hydrogens is 342 g/mol. The Morgan fingerprint density at radius 2 is 1.64 bits per heavy atom. The van der Waals surface area contributed by atoms with E-state index in [4.69, 9.17) is 4.74 Å². The average Bonchev–Trinajstić information content (AvgIpc) is 2.53. The van der Waals surface area contributed by atoms with Gasteiger partial charge in [-0.3, -0.25) is 4.79 Å². The second kappa shape index (κ2) is 5.43. The van der Waals surface area contributed by atoms with Gasteiger partial charge in [0.2, 0.25) is 5.91 Å². The standard InChI is InChI=1S/C18H18BrNO2/c1-18(2)16(12-4-6-13(19)7-5-12)20(17(18)21)14-8-10-15(22-3)11-9-14/h4-11,16H,1-3H3/t16-/m1/s1. The largest absolute Gasteiger partial charge is 0.497 e. The first-order chi connectivity index (χ1) is 10.4. The molecule has 3 rings (SSSR count). The van der Waals surface area contributed by atoms with Crippen LogP contribution in [0.15, 0.2) is 53.0 Å². The van der Waals surface area contributed by atoms with E-state index in [9.17, 15) is 4.79 Å². The molecule has 0 spiro atoms. The van der Waals surface area contributed by atoms with Crippen LogP contribution in [0.3, 0.4) is 0 Å². The second-order valence-electron chi connectivity index (χ2n) is 6.05. The minimum atomic E-state index is -0.395. The Labute approximate surface area is 139 Å². The summed E-state index contributed by atoms with van der Waals surface area (Å²) in [6.45, 7) is 4.00. The van der Waals surface area contributed by atoms with Crippen LogP contribution < -0.4 is 9.64 Å². The molecule has 0 aromatic heterocycles. The quantitative estimate of drug-likeness (QED) is 0.751. The molecule has 2 aromatic carbocycles. The summed E-state index contributed by atoms with van der Waals surface area (Å²) in [4.78, 5) is 14.4. The van der Waals surface area contributed by atoms with Crippen molar-refractivity contribution in [2.75, 3.05) is 12.0 Å². The van der Waals surface area contributed by atoms with Crippen molar-refractivity contribution in [1.82, 2.24) is 0 Å². The van der Waals surface area contributed by atoms with Gasteiger partial charge in [0, 0.05) is 10.2 Å². The molecule has 22 heavy (non-hydrogen) atoms. The number of hydrogen-bond donors (Lipinski definition) is 0. The molecule has 1 aliphatic rings. The fraction of sp³-hybridized carbons (Fsp3) is 0.278. The molecule has 2 aromatic rings. The van der Waals surface area contributed by atoms with Gasteiger partial charge in [-0.2, -0.15) is 0 Å². The first-order valence-corrected chi connectivity index (χ1v) is 7.97. The molecule has 0 N–H and O–H groups in total. The maximum absolute atomic E-state index is 12.6. The van der Waals surface area contributed by atoms with Crippen LogP contribution in [0.2, 0.25) is 0 Å². The molecule has 1 heterocycles. The van der Waals surface area contributed by atoms with Gasteiger partial charge in [0.05, 0.1) is 18.6 Å². The molecule has 1 atom stereocenters. The zero-order valence-electron chi connectivity index (χ0n) is 12.8. The van der Waals surface area contributed by atoms with Crippen LogP contribution in [0.4, 0.5) is 5.69 Å². The van der Waals surface area contributed by atoms with Crippen molar-refractivity contribution in [2.24, 2.45) is 5.41 Å². The minimum Gasteiger partial charge on any atom is -0.497 e. The molecule has 0 bridgehead atoms. The predicted molar refractivity (Wildman–Crippen MR) is 91.1 cm³/mol. The number of hydrogen-bond acceptors (Lipinski definition) is 2. The Morgan fingerprint density at radius 3 is 2.18 bits per heavy atom. The van der Waals surface area contributed by atoms with Crippen LogP contribution in [0.25, 0.3) is 0 Å². The smallest absolute Gasteiger partial charge is 0.235 e. The number of benzene rings is 2. The molecule has 4 heteroatoms. The molecular formula is C18H18BrNO2. The van der Waals surface area contributed by atoms with Gasteiger partial charge >= 0.3 is 0 Å². The number of nitrogens with zero attached hydrogens (tertiary/aromatic N) is 1. The van der Waals surface area contributed by atoms with Crippen molar-refractivity contribution in [3.05, 3.63) is 58.6 Å². The third kappa shape index (κ3) is 2.31. The van der Waals surface area contributed by atoms with Gasteiger partial charge in [0.15, 0.2) is 0 Å². The van der Waals surface area contributed by atoms with Gasteiger partial charge in [0.25, 0.3) is 0 Å². The highest BCUT2D eigenvalue weighted by Gasteiger charge is 2.55. The van der Waals surface area contributed by atoms with E-state index in [2.05, 4.69) is 28.1 Å². The van der Waals surface area contributed by atoms with Gasteiger partial charge in [-0.25, -0.2) is 0 Å². The molecule has 1 fully saturated rings. The number of anilines is 1. The van der Waals surface area contributed by atoms with E-state index in [0.29, 0.717) is 0 Å². The maximum Gasteiger partial charge on any atom is 0.235 e.